The van der Waals surface area contributed by atoms with E-state index in [1.54, 1.807) is 6.08 Å². The van der Waals surface area contributed by atoms with Crippen LogP contribution in [0.3, 0.4) is 0 Å². The van der Waals surface area contributed by atoms with E-state index in [-0.39, 0.29) is 0 Å². The zero-order valence-electron chi connectivity index (χ0n) is 19.5. The smallest absolute Gasteiger partial charge is 0.334 e. The molecule has 2 aromatic carbocycles. The van der Waals surface area contributed by atoms with Crippen molar-refractivity contribution >= 4 is 40.7 Å². The zero-order valence-corrected chi connectivity index (χ0v) is 20.2. The first-order chi connectivity index (χ1) is 16.9. The van der Waals surface area contributed by atoms with Gasteiger partial charge in [-0.25, -0.2) is 9.59 Å². The van der Waals surface area contributed by atoms with Crippen molar-refractivity contribution in [1.82, 2.24) is 4.90 Å². The molecule has 4 rings (SSSR count). The van der Waals surface area contributed by atoms with Gasteiger partial charge >= 0.3 is 18.2 Å². The number of cyclic esters (lactones) is 2. The van der Waals surface area contributed by atoms with E-state index in [2.05, 4.69) is 40.1 Å². The second-order valence-electron chi connectivity index (χ2n) is 8.51. The van der Waals surface area contributed by atoms with Gasteiger partial charge in [-0.3, -0.25) is 4.79 Å². The molecule has 0 fully saturated rings. The van der Waals surface area contributed by atoms with Gasteiger partial charge < -0.3 is 19.3 Å². The lowest BCUT2D eigenvalue weighted by molar-refractivity contribution is -0.182. The Kier molecular flexibility index (Phi) is 8.00. The number of para-hydroxylation sites is 1. The van der Waals surface area contributed by atoms with E-state index in [1.807, 2.05) is 19.2 Å². The van der Waals surface area contributed by atoms with E-state index in [9.17, 15) is 14.4 Å². The average Bonchev–Trinajstić information content (AvgIpc) is 3.10. The molecule has 7 nitrogen and oxygen atoms in total. The number of likely N-dealkylation sites (N-methyl/N-ethyl adjacent to an activating group) is 1. The molecule has 2 heterocycles. The summed E-state index contributed by atoms with van der Waals surface area (Å²) >= 11 is 6.34. The Bertz CT molecular complexity index is 1160. The molecule has 0 saturated carbocycles. The fourth-order valence-electron chi connectivity index (χ4n) is 4.21. The van der Waals surface area contributed by atoms with Crippen LogP contribution in [0.1, 0.15) is 17.5 Å². The summed E-state index contributed by atoms with van der Waals surface area (Å²) < 4.78 is 9.62. The molecule has 0 radical (unpaired) electrons. The van der Waals surface area contributed by atoms with Crippen molar-refractivity contribution in [2.75, 3.05) is 31.6 Å². The molecule has 8 heteroatoms. The summed E-state index contributed by atoms with van der Waals surface area (Å²) in [4.78, 5) is 39.5. The fraction of sp³-hybridized carbons (Fsp3) is 0.296. The lowest BCUT2D eigenvalue weighted by Crippen LogP contribution is -2.29. The number of nitrogens with zero attached hydrogens (tertiary/aromatic N) is 2. The molecule has 0 unspecified atom stereocenters. The van der Waals surface area contributed by atoms with Crippen molar-refractivity contribution in [2.24, 2.45) is 0 Å². The number of halogens is 1. The standard InChI is InChI=1S/C27H27ClN2O5/c1-29(15-4-8-24(31)27-34-25(32)13-14-26(33)35-27)16-5-17-30-22-7-3-2-6-19(22)9-10-20-11-12-21(28)18-23(20)30/h2-4,6-8,11-14,18,27H,5,9-10,15-17H2,1H3/b8-4+. The third-order valence-corrected chi connectivity index (χ3v) is 6.17. The lowest BCUT2D eigenvalue weighted by atomic mass is 10.0. The molecule has 35 heavy (non-hydrogen) atoms. The molecule has 2 aliphatic rings. The molecular formula is C27H27ClN2O5. The molecule has 182 valence electrons. The highest BCUT2D eigenvalue weighted by Crippen LogP contribution is 2.37. The topological polar surface area (TPSA) is 76.1 Å². The molecule has 0 bridgehead atoms. The highest BCUT2D eigenvalue weighted by atomic mass is 35.5. The Balaban J connectivity index is 1.34. The molecule has 0 N–H and O–H groups in total. The number of carbonyl (C=O) groups is 3. The van der Waals surface area contributed by atoms with Gasteiger partial charge in [0.05, 0.1) is 0 Å². The quantitative estimate of drug-likeness (QED) is 0.405. The SMILES string of the molecule is CN(C/C=C/C(=O)C1OC(=O)C=CC(=O)O1)CCCN1c2ccccc2CCc2ccc(Cl)cc21. The molecular weight excluding hydrogens is 468 g/mol. The summed E-state index contributed by atoms with van der Waals surface area (Å²) in [6, 6.07) is 14.6. The van der Waals surface area contributed by atoms with Crippen LogP contribution in [0.2, 0.25) is 5.02 Å². The Morgan fingerprint density at radius 3 is 2.49 bits per heavy atom. The van der Waals surface area contributed by atoms with E-state index in [1.165, 1.54) is 22.9 Å². The first-order valence-electron chi connectivity index (χ1n) is 11.5. The van der Waals surface area contributed by atoms with E-state index >= 15 is 0 Å². The third kappa shape index (κ3) is 6.38. The molecule has 0 aromatic heterocycles. The molecule has 2 aliphatic heterocycles. The van der Waals surface area contributed by atoms with Crippen LogP contribution >= 0.6 is 11.6 Å². The average molecular weight is 495 g/mol. The number of ether oxygens (including phenoxy) is 2. The van der Waals surface area contributed by atoms with Gasteiger partial charge in [-0.05, 0) is 68.3 Å². The number of hydrogen-bond donors (Lipinski definition) is 0. The number of aryl methyl sites for hydroxylation is 2. The van der Waals surface area contributed by atoms with Crippen LogP contribution in [0.5, 0.6) is 0 Å². The third-order valence-electron chi connectivity index (χ3n) is 5.94. The second-order valence-corrected chi connectivity index (χ2v) is 8.95. The predicted octanol–water partition coefficient (Wildman–Crippen LogP) is 4.01. The minimum Gasteiger partial charge on any atom is -0.414 e. The number of esters is 2. The van der Waals surface area contributed by atoms with Crippen molar-refractivity contribution in [1.29, 1.82) is 0 Å². The summed E-state index contributed by atoms with van der Waals surface area (Å²) in [5.74, 6) is -2.19. The number of fused-ring (bicyclic) bond motifs is 2. The van der Waals surface area contributed by atoms with Crippen molar-refractivity contribution < 1.29 is 23.9 Å². The zero-order chi connectivity index (χ0) is 24.8. The highest BCUT2D eigenvalue weighted by Gasteiger charge is 2.26. The second kappa shape index (κ2) is 11.3. The number of hydrogen-bond acceptors (Lipinski definition) is 7. The minimum absolute atomic E-state index is 0.512. The summed E-state index contributed by atoms with van der Waals surface area (Å²) in [5, 5.41) is 0.723. The predicted molar refractivity (Wildman–Crippen MR) is 134 cm³/mol. The van der Waals surface area contributed by atoms with E-state index in [0.717, 1.165) is 55.2 Å². The minimum atomic E-state index is -1.55. The Morgan fingerprint density at radius 2 is 1.74 bits per heavy atom. The van der Waals surface area contributed by atoms with Gasteiger partial charge in [0.15, 0.2) is 0 Å². The van der Waals surface area contributed by atoms with Crippen LogP contribution in [-0.2, 0) is 36.7 Å². The molecule has 0 atom stereocenters. The number of anilines is 2. The van der Waals surface area contributed by atoms with Crippen LogP contribution < -0.4 is 4.90 Å². The fourth-order valence-corrected chi connectivity index (χ4v) is 4.37. The van der Waals surface area contributed by atoms with Crippen LogP contribution in [0.15, 0.2) is 66.8 Å². The van der Waals surface area contributed by atoms with Gasteiger partial charge in [-0.1, -0.05) is 41.9 Å². The van der Waals surface area contributed by atoms with Crippen LogP contribution in [-0.4, -0.2) is 55.6 Å². The number of carbonyl (C=O) groups excluding carboxylic acids is 3. The summed E-state index contributed by atoms with van der Waals surface area (Å²) in [5.41, 5.74) is 4.97. The van der Waals surface area contributed by atoms with Gasteiger partial charge in [-0.15, -0.1) is 0 Å². The summed E-state index contributed by atoms with van der Waals surface area (Å²) in [6.45, 7) is 2.13. The van der Waals surface area contributed by atoms with Gasteiger partial charge in [0.1, 0.15) is 0 Å². The van der Waals surface area contributed by atoms with Crippen molar-refractivity contribution in [2.45, 2.75) is 25.6 Å². The first kappa shape index (κ1) is 24.7. The number of benzene rings is 2. The Morgan fingerprint density at radius 1 is 1.06 bits per heavy atom. The van der Waals surface area contributed by atoms with E-state index in [4.69, 9.17) is 21.1 Å². The Labute approximate surface area is 209 Å². The van der Waals surface area contributed by atoms with Gasteiger partial charge in [0.2, 0.25) is 5.78 Å². The van der Waals surface area contributed by atoms with Crippen molar-refractivity contribution in [3.05, 3.63) is 82.9 Å². The summed E-state index contributed by atoms with van der Waals surface area (Å²) in [6.07, 6.45) is 6.10. The maximum Gasteiger partial charge on any atom is 0.334 e. The molecule has 2 aromatic rings. The van der Waals surface area contributed by atoms with E-state index < -0.39 is 24.0 Å². The maximum absolute atomic E-state index is 12.2. The molecule has 0 saturated heterocycles. The van der Waals surface area contributed by atoms with Gasteiger partial charge in [0.25, 0.3) is 0 Å². The van der Waals surface area contributed by atoms with Crippen LogP contribution in [0.4, 0.5) is 11.4 Å². The van der Waals surface area contributed by atoms with Crippen LogP contribution in [0, 0.1) is 0 Å². The molecule has 0 amide bonds. The van der Waals surface area contributed by atoms with Crippen molar-refractivity contribution in [3.63, 3.8) is 0 Å². The number of ketones is 1. The molecule has 0 aliphatic carbocycles. The van der Waals surface area contributed by atoms with E-state index in [0.29, 0.717) is 6.54 Å². The maximum atomic E-state index is 12.2. The highest BCUT2D eigenvalue weighted by molar-refractivity contribution is 6.30. The van der Waals surface area contributed by atoms with Gasteiger partial charge in [-0.2, -0.15) is 0 Å². The monoisotopic (exact) mass is 494 g/mol. The van der Waals surface area contributed by atoms with Crippen LogP contribution in [0.25, 0.3) is 0 Å². The lowest BCUT2D eigenvalue weighted by Gasteiger charge is -2.28. The first-order valence-corrected chi connectivity index (χ1v) is 11.9. The van der Waals surface area contributed by atoms with Crippen molar-refractivity contribution in [3.8, 4) is 0 Å². The molecule has 0 spiro atoms. The van der Waals surface area contributed by atoms with Gasteiger partial charge in [0, 0.05) is 41.6 Å². The Hall–Kier alpha value is -3.42. The normalized spacial score (nSPS) is 15.9. The number of rotatable bonds is 8. The largest absolute Gasteiger partial charge is 0.414 e. The summed E-state index contributed by atoms with van der Waals surface area (Å²) in [7, 11) is 1.96.